The van der Waals surface area contributed by atoms with E-state index >= 15 is 0 Å². The fourth-order valence-electron chi connectivity index (χ4n) is 1.74. The number of ketones is 1. The zero-order valence-electron chi connectivity index (χ0n) is 11.7. The van der Waals surface area contributed by atoms with Crippen LogP contribution in [0.5, 0.6) is 5.75 Å². The highest BCUT2D eigenvalue weighted by Crippen LogP contribution is 2.14. The lowest BCUT2D eigenvalue weighted by Crippen LogP contribution is -2.24. The molecule has 0 saturated carbocycles. The summed E-state index contributed by atoms with van der Waals surface area (Å²) in [6.07, 6.45) is 0.926. The average Bonchev–Trinajstić information content (AvgIpc) is 2.40. The van der Waals surface area contributed by atoms with Crippen LogP contribution in [0.25, 0.3) is 0 Å². The molecule has 1 rings (SSSR count). The summed E-state index contributed by atoms with van der Waals surface area (Å²) in [5.41, 5.74) is 0. The Morgan fingerprint density at radius 2 is 1.90 bits per heavy atom. The summed E-state index contributed by atoms with van der Waals surface area (Å²) in [4.78, 5) is 22.9. The molecule has 0 aromatic heterocycles. The summed E-state index contributed by atoms with van der Waals surface area (Å²) in [6.45, 7) is 3.69. The Kier molecular flexibility index (Phi) is 6.70. The lowest BCUT2D eigenvalue weighted by atomic mass is 10.00. The van der Waals surface area contributed by atoms with E-state index in [4.69, 9.17) is 9.47 Å². The number of carbonyl (C=O) groups excluding carboxylic acids is 2. The number of Topliss-reactive ketones (excluding diaryl/α,β-unsaturated/α-hetero) is 1. The van der Waals surface area contributed by atoms with Crippen LogP contribution >= 0.6 is 0 Å². The average molecular weight is 282 g/mol. The fourth-order valence-corrected chi connectivity index (χ4v) is 1.74. The molecule has 0 aliphatic rings. The third kappa shape index (κ3) is 5.38. The van der Waals surface area contributed by atoms with Gasteiger partial charge in [0.25, 0.3) is 0 Å². The molecule has 0 spiro atoms. The third-order valence-electron chi connectivity index (χ3n) is 2.78. The SMILES string of the molecule is CCOC(=O)C(CCCOc1ccc(F)cc1)C(C)=O. The minimum Gasteiger partial charge on any atom is -0.494 e. The normalized spacial score (nSPS) is 11.8. The number of carbonyl (C=O) groups is 2. The van der Waals surface area contributed by atoms with E-state index in [0.29, 0.717) is 25.2 Å². The Balaban J connectivity index is 2.35. The molecule has 0 radical (unpaired) electrons. The molecule has 0 bridgehead atoms. The molecular weight excluding hydrogens is 263 g/mol. The van der Waals surface area contributed by atoms with Gasteiger partial charge in [-0.05, 0) is 51.0 Å². The lowest BCUT2D eigenvalue weighted by Gasteiger charge is -2.12. The van der Waals surface area contributed by atoms with Gasteiger partial charge in [0.15, 0.2) is 0 Å². The zero-order valence-corrected chi connectivity index (χ0v) is 11.7. The van der Waals surface area contributed by atoms with Gasteiger partial charge in [-0.1, -0.05) is 0 Å². The lowest BCUT2D eigenvalue weighted by molar-refractivity contribution is -0.151. The molecule has 1 atom stereocenters. The van der Waals surface area contributed by atoms with Gasteiger partial charge in [-0.3, -0.25) is 9.59 Å². The molecular formula is C15H19FO4. The Morgan fingerprint density at radius 3 is 2.45 bits per heavy atom. The van der Waals surface area contributed by atoms with Crippen molar-refractivity contribution < 1.29 is 23.5 Å². The second kappa shape index (κ2) is 8.30. The molecule has 0 heterocycles. The molecule has 0 N–H and O–H groups in total. The van der Waals surface area contributed by atoms with Gasteiger partial charge in [-0.25, -0.2) is 4.39 Å². The van der Waals surface area contributed by atoms with Crippen LogP contribution in [0.15, 0.2) is 24.3 Å². The van der Waals surface area contributed by atoms with Crippen molar-refractivity contribution in [3.05, 3.63) is 30.1 Å². The molecule has 20 heavy (non-hydrogen) atoms. The largest absolute Gasteiger partial charge is 0.494 e. The van der Waals surface area contributed by atoms with E-state index < -0.39 is 11.9 Å². The molecule has 5 heteroatoms. The van der Waals surface area contributed by atoms with Crippen LogP contribution in [0.1, 0.15) is 26.7 Å². The van der Waals surface area contributed by atoms with Crippen molar-refractivity contribution >= 4 is 11.8 Å². The van der Waals surface area contributed by atoms with Gasteiger partial charge in [0.2, 0.25) is 0 Å². The second-order valence-corrected chi connectivity index (χ2v) is 4.36. The van der Waals surface area contributed by atoms with Crippen LogP contribution in [0, 0.1) is 11.7 Å². The van der Waals surface area contributed by atoms with E-state index in [0.717, 1.165) is 0 Å². The number of esters is 1. The number of ether oxygens (including phenoxy) is 2. The number of benzene rings is 1. The highest BCUT2D eigenvalue weighted by molar-refractivity contribution is 5.97. The van der Waals surface area contributed by atoms with E-state index in [1.807, 2.05) is 0 Å². The Bertz CT molecular complexity index is 442. The summed E-state index contributed by atoms with van der Waals surface area (Å²) >= 11 is 0. The number of hydrogen-bond acceptors (Lipinski definition) is 4. The third-order valence-corrected chi connectivity index (χ3v) is 2.78. The van der Waals surface area contributed by atoms with Crippen molar-refractivity contribution in [2.24, 2.45) is 5.92 Å². The Morgan fingerprint density at radius 1 is 1.25 bits per heavy atom. The molecule has 1 unspecified atom stereocenters. The molecule has 0 saturated heterocycles. The Hall–Kier alpha value is -1.91. The summed E-state index contributed by atoms with van der Waals surface area (Å²) in [6, 6.07) is 5.69. The molecule has 0 amide bonds. The van der Waals surface area contributed by atoms with E-state index in [1.165, 1.54) is 31.2 Å². The van der Waals surface area contributed by atoms with Crippen molar-refractivity contribution in [1.29, 1.82) is 0 Å². The predicted octanol–water partition coefficient (Wildman–Crippen LogP) is 2.75. The van der Waals surface area contributed by atoms with Crippen molar-refractivity contribution in [3.63, 3.8) is 0 Å². The first kappa shape index (κ1) is 16.1. The second-order valence-electron chi connectivity index (χ2n) is 4.36. The zero-order chi connectivity index (χ0) is 15.0. The molecule has 1 aromatic rings. The van der Waals surface area contributed by atoms with Crippen LogP contribution in [0.3, 0.4) is 0 Å². The summed E-state index contributed by atoms with van der Waals surface area (Å²) in [5.74, 6) is -1.18. The predicted molar refractivity (Wildman–Crippen MR) is 71.9 cm³/mol. The topological polar surface area (TPSA) is 52.6 Å². The van der Waals surface area contributed by atoms with Crippen molar-refractivity contribution in [1.82, 2.24) is 0 Å². The summed E-state index contributed by atoms with van der Waals surface area (Å²) in [5, 5.41) is 0. The number of hydrogen-bond donors (Lipinski definition) is 0. The van der Waals surface area contributed by atoms with Gasteiger partial charge in [-0.15, -0.1) is 0 Å². The fraction of sp³-hybridized carbons (Fsp3) is 0.467. The van der Waals surface area contributed by atoms with Crippen LogP contribution in [0.2, 0.25) is 0 Å². The standard InChI is InChI=1S/C15H19FO4/c1-3-19-15(18)14(11(2)17)5-4-10-20-13-8-6-12(16)7-9-13/h6-9,14H,3-5,10H2,1-2H3. The first-order valence-corrected chi connectivity index (χ1v) is 6.60. The van der Waals surface area contributed by atoms with Gasteiger partial charge < -0.3 is 9.47 Å². The first-order chi connectivity index (χ1) is 9.54. The molecule has 1 aromatic carbocycles. The number of halogens is 1. The van der Waals surface area contributed by atoms with E-state index in [1.54, 1.807) is 6.92 Å². The molecule has 0 fully saturated rings. The van der Waals surface area contributed by atoms with E-state index in [2.05, 4.69) is 0 Å². The van der Waals surface area contributed by atoms with Gasteiger partial charge in [0, 0.05) is 0 Å². The smallest absolute Gasteiger partial charge is 0.316 e. The maximum atomic E-state index is 12.7. The van der Waals surface area contributed by atoms with Crippen LogP contribution in [-0.4, -0.2) is 25.0 Å². The van der Waals surface area contributed by atoms with Gasteiger partial charge in [0.05, 0.1) is 13.2 Å². The highest BCUT2D eigenvalue weighted by atomic mass is 19.1. The Labute approximate surface area is 117 Å². The summed E-state index contributed by atoms with van der Waals surface area (Å²) in [7, 11) is 0. The maximum Gasteiger partial charge on any atom is 0.316 e. The van der Waals surface area contributed by atoms with Gasteiger partial charge in [0.1, 0.15) is 23.3 Å². The monoisotopic (exact) mass is 282 g/mol. The van der Waals surface area contributed by atoms with Crippen LogP contribution in [0.4, 0.5) is 4.39 Å². The highest BCUT2D eigenvalue weighted by Gasteiger charge is 2.23. The molecule has 4 nitrogen and oxygen atoms in total. The number of rotatable bonds is 8. The van der Waals surface area contributed by atoms with Crippen molar-refractivity contribution in [3.8, 4) is 5.75 Å². The van der Waals surface area contributed by atoms with Crippen LogP contribution < -0.4 is 4.74 Å². The van der Waals surface area contributed by atoms with Crippen molar-refractivity contribution in [2.45, 2.75) is 26.7 Å². The summed E-state index contributed by atoms with van der Waals surface area (Å²) < 4.78 is 22.9. The van der Waals surface area contributed by atoms with E-state index in [-0.39, 0.29) is 18.2 Å². The minimum absolute atomic E-state index is 0.203. The first-order valence-electron chi connectivity index (χ1n) is 6.60. The van der Waals surface area contributed by atoms with Gasteiger partial charge in [-0.2, -0.15) is 0 Å². The van der Waals surface area contributed by atoms with Crippen LogP contribution in [-0.2, 0) is 14.3 Å². The molecule has 110 valence electrons. The van der Waals surface area contributed by atoms with Crippen molar-refractivity contribution in [2.75, 3.05) is 13.2 Å². The molecule has 0 aliphatic heterocycles. The minimum atomic E-state index is -0.730. The quantitative estimate of drug-likeness (QED) is 0.418. The van der Waals surface area contributed by atoms with E-state index in [9.17, 15) is 14.0 Å². The molecule has 0 aliphatic carbocycles. The van der Waals surface area contributed by atoms with Gasteiger partial charge >= 0.3 is 5.97 Å². The maximum absolute atomic E-state index is 12.7.